The number of sulfonamides is 1. The molecule has 0 amide bonds. The van der Waals surface area contributed by atoms with Gasteiger partial charge in [0.05, 0.1) is 29.4 Å². The summed E-state index contributed by atoms with van der Waals surface area (Å²) in [4.78, 5) is 14.4. The molecule has 8 nitrogen and oxygen atoms in total. The van der Waals surface area contributed by atoms with Crippen molar-refractivity contribution in [1.82, 2.24) is 0 Å². The first-order chi connectivity index (χ1) is 13.4. The number of rotatable bonds is 7. The Kier molecular flexibility index (Phi) is 6.50. The maximum absolute atomic E-state index is 12.6. The molecular formula is C19H22N2O6S. The van der Waals surface area contributed by atoms with Crippen molar-refractivity contribution in [2.24, 2.45) is 5.14 Å². The van der Waals surface area contributed by atoms with E-state index >= 15 is 0 Å². The van der Waals surface area contributed by atoms with Gasteiger partial charge >= 0.3 is 5.97 Å². The summed E-state index contributed by atoms with van der Waals surface area (Å²) in [6.45, 7) is 2.43. The van der Waals surface area contributed by atoms with Crippen LogP contribution in [-0.4, -0.2) is 53.9 Å². The lowest BCUT2D eigenvalue weighted by Crippen LogP contribution is -2.37. The average molecular weight is 406 g/mol. The lowest BCUT2D eigenvalue weighted by molar-refractivity contribution is 0.0450. The molecule has 0 aromatic heterocycles. The van der Waals surface area contributed by atoms with Gasteiger partial charge in [0.1, 0.15) is 19.0 Å². The van der Waals surface area contributed by atoms with Crippen LogP contribution in [0.3, 0.4) is 0 Å². The van der Waals surface area contributed by atoms with Crippen molar-refractivity contribution in [3.05, 3.63) is 54.1 Å². The van der Waals surface area contributed by atoms with E-state index in [0.717, 1.165) is 0 Å². The van der Waals surface area contributed by atoms with Crippen molar-refractivity contribution >= 4 is 21.7 Å². The number of nitrogens with two attached hydrogens (primary N) is 1. The summed E-state index contributed by atoms with van der Waals surface area (Å²) in [5.41, 5.74) is 0.734. The van der Waals surface area contributed by atoms with Crippen molar-refractivity contribution in [2.75, 3.05) is 44.4 Å². The third kappa shape index (κ3) is 5.22. The molecule has 9 heteroatoms. The van der Waals surface area contributed by atoms with Gasteiger partial charge in [-0.05, 0) is 30.3 Å². The molecule has 2 aromatic rings. The molecule has 1 saturated heterocycles. The number of hydrogen-bond acceptors (Lipinski definition) is 7. The number of hydrogen-bond donors (Lipinski definition) is 1. The van der Waals surface area contributed by atoms with E-state index in [-0.39, 0.29) is 23.7 Å². The summed E-state index contributed by atoms with van der Waals surface area (Å²) < 4.78 is 39.5. The second-order valence-corrected chi connectivity index (χ2v) is 7.68. The largest absolute Gasteiger partial charge is 0.490 e. The molecule has 0 spiro atoms. The Morgan fingerprint density at radius 3 is 2.46 bits per heavy atom. The van der Waals surface area contributed by atoms with Gasteiger partial charge in [-0.3, -0.25) is 0 Å². The Bertz CT molecular complexity index is 911. The van der Waals surface area contributed by atoms with E-state index in [9.17, 15) is 13.2 Å². The topological polar surface area (TPSA) is 108 Å². The number of primary sulfonamides is 1. The lowest BCUT2D eigenvalue weighted by atomic mass is 10.1. The first-order valence-electron chi connectivity index (χ1n) is 8.80. The van der Waals surface area contributed by atoms with Gasteiger partial charge in [0, 0.05) is 13.1 Å². The highest BCUT2D eigenvalue weighted by Gasteiger charge is 2.22. The van der Waals surface area contributed by atoms with Crippen LogP contribution in [0.5, 0.6) is 5.75 Å². The third-order valence-electron chi connectivity index (χ3n) is 4.20. The van der Waals surface area contributed by atoms with Crippen LogP contribution in [-0.2, 0) is 19.5 Å². The minimum absolute atomic E-state index is 0.0237. The van der Waals surface area contributed by atoms with Crippen LogP contribution in [0, 0.1) is 0 Å². The van der Waals surface area contributed by atoms with Crippen LogP contribution >= 0.6 is 0 Å². The van der Waals surface area contributed by atoms with Gasteiger partial charge in [-0.1, -0.05) is 18.2 Å². The van der Waals surface area contributed by atoms with Crippen molar-refractivity contribution in [1.29, 1.82) is 0 Å². The molecular weight excluding hydrogens is 384 g/mol. The van der Waals surface area contributed by atoms with Crippen LogP contribution in [0.2, 0.25) is 0 Å². The van der Waals surface area contributed by atoms with Gasteiger partial charge in [-0.2, -0.15) is 0 Å². The number of carbonyl (C=O) groups excluding carboxylic acids is 1. The fourth-order valence-electron chi connectivity index (χ4n) is 2.82. The van der Waals surface area contributed by atoms with E-state index in [1.165, 1.54) is 12.1 Å². The predicted molar refractivity (Wildman–Crippen MR) is 103 cm³/mol. The molecule has 0 unspecified atom stereocenters. The monoisotopic (exact) mass is 406 g/mol. The van der Waals surface area contributed by atoms with E-state index in [0.29, 0.717) is 37.7 Å². The molecule has 0 atom stereocenters. The lowest BCUT2D eigenvalue weighted by Gasteiger charge is -2.30. The van der Waals surface area contributed by atoms with Crippen molar-refractivity contribution in [3.63, 3.8) is 0 Å². The van der Waals surface area contributed by atoms with Gasteiger partial charge in [-0.15, -0.1) is 0 Å². The molecule has 28 heavy (non-hydrogen) atoms. The molecule has 2 N–H and O–H groups in total. The zero-order valence-corrected chi connectivity index (χ0v) is 16.1. The number of esters is 1. The van der Waals surface area contributed by atoms with Gasteiger partial charge in [0.2, 0.25) is 10.0 Å². The van der Waals surface area contributed by atoms with Crippen LogP contribution < -0.4 is 14.8 Å². The van der Waals surface area contributed by atoms with Crippen molar-refractivity contribution in [3.8, 4) is 5.75 Å². The Balaban J connectivity index is 1.72. The highest BCUT2D eigenvalue weighted by atomic mass is 32.2. The Morgan fingerprint density at radius 1 is 1.07 bits per heavy atom. The first kappa shape index (κ1) is 20.1. The summed E-state index contributed by atoms with van der Waals surface area (Å²) >= 11 is 0. The minimum Gasteiger partial charge on any atom is -0.490 e. The summed E-state index contributed by atoms with van der Waals surface area (Å²) in [6, 6.07) is 13.4. The zero-order valence-electron chi connectivity index (χ0n) is 15.2. The van der Waals surface area contributed by atoms with Gasteiger partial charge < -0.3 is 19.1 Å². The van der Waals surface area contributed by atoms with E-state index < -0.39 is 16.0 Å². The van der Waals surface area contributed by atoms with Gasteiger partial charge in [0.25, 0.3) is 0 Å². The van der Waals surface area contributed by atoms with Crippen LogP contribution in [0.4, 0.5) is 5.69 Å². The zero-order chi connectivity index (χ0) is 20.0. The average Bonchev–Trinajstić information content (AvgIpc) is 2.71. The fraction of sp³-hybridized carbons (Fsp3) is 0.316. The number of anilines is 1. The fourth-order valence-corrected chi connectivity index (χ4v) is 3.36. The molecule has 1 heterocycles. The second kappa shape index (κ2) is 9.05. The Labute approximate surface area is 163 Å². The van der Waals surface area contributed by atoms with E-state index in [1.807, 2.05) is 23.1 Å². The standard InChI is InChI=1S/C19H22N2O6S/c20-28(23,24)16-6-7-18(21-8-10-25-11-9-21)17(14-16)19(22)27-13-12-26-15-4-2-1-3-5-15/h1-7,14H,8-13H2,(H2,20,23,24). The van der Waals surface area contributed by atoms with Crippen molar-refractivity contribution < 1.29 is 27.4 Å². The summed E-state index contributed by atoms with van der Waals surface area (Å²) in [5.74, 6) is 0.0347. The van der Waals surface area contributed by atoms with Crippen LogP contribution in [0.15, 0.2) is 53.4 Å². The summed E-state index contributed by atoms with van der Waals surface area (Å²) in [5, 5.41) is 5.21. The SMILES string of the molecule is NS(=O)(=O)c1ccc(N2CCOCC2)c(C(=O)OCCOc2ccccc2)c1. The molecule has 0 bridgehead atoms. The third-order valence-corrected chi connectivity index (χ3v) is 5.11. The normalized spacial score (nSPS) is 14.5. The Hall–Kier alpha value is -2.62. The van der Waals surface area contributed by atoms with E-state index in [2.05, 4.69) is 0 Å². The molecule has 0 saturated carbocycles. The Morgan fingerprint density at radius 2 is 1.79 bits per heavy atom. The molecule has 0 aliphatic carbocycles. The van der Waals surface area contributed by atoms with E-state index in [4.69, 9.17) is 19.3 Å². The number of benzene rings is 2. The maximum Gasteiger partial charge on any atom is 0.340 e. The molecule has 1 fully saturated rings. The predicted octanol–water partition coefficient (Wildman–Crippen LogP) is 1.41. The van der Waals surface area contributed by atoms with Gasteiger partial charge in [-0.25, -0.2) is 18.4 Å². The quantitative estimate of drug-likeness (QED) is 0.547. The first-order valence-corrected chi connectivity index (χ1v) is 10.3. The number of morpholine rings is 1. The molecule has 150 valence electrons. The van der Waals surface area contributed by atoms with E-state index in [1.54, 1.807) is 18.2 Å². The minimum atomic E-state index is -3.94. The molecule has 0 radical (unpaired) electrons. The number of nitrogens with zero attached hydrogens (tertiary/aromatic N) is 1. The highest BCUT2D eigenvalue weighted by Crippen LogP contribution is 2.25. The summed E-state index contributed by atoms with van der Waals surface area (Å²) in [6.07, 6.45) is 0. The number of para-hydroxylation sites is 1. The molecule has 3 rings (SSSR count). The smallest absolute Gasteiger partial charge is 0.340 e. The molecule has 2 aromatic carbocycles. The molecule has 1 aliphatic heterocycles. The van der Waals surface area contributed by atoms with Crippen LogP contribution in [0.25, 0.3) is 0 Å². The maximum atomic E-state index is 12.6. The highest BCUT2D eigenvalue weighted by molar-refractivity contribution is 7.89. The number of carbonyl (C=O) groups is 1. The second-order valence-electron chi connectivity index (χ2n) is 6.12. The summed E-state index contributed by atoms with van der Waals surface area (Å²) in [7, 11) is -3.94. The molecule has 1 aliphatic rings. The van der Waals surface area contributed by atoms with Crippen molar-refractivity contribution in [2.45, 2.75) is 4.90 Å². The van der Waals surface area contributed by atoms with Gasteiger partial charge in [0.15, 0.2) is 0 Å². The van der Waals surface area contributed by atoms with Crippen LogP contribution in [0.1, 0.15) is 10.4 Å². The number of ether oxygens (including phenoxy) is 3.